The van der Waals surface area contributed by atoms with Gasteiger partial charge in [0.2, 0.25) is 0 Å². The average Bonchev–Trinajstić information content (AvgIpc) is 2.73. The molecule has 0 spiro atoms. The van der Waals surface area contributed by atoms with Crippen LogP contribution in [0.4, 0.5) is 0 Å². The van der Waals surface area contributed by atoms with Crippen LogP contribution in [-0.4, -0.2) is 29.1 Å². The molecule has 2 rings (SSSR count). The van der Waals surface area contributed by atoms with E-state index in [0.29, 0.717) is 18.8 Å². The molecule has 0 bridgehead atoms. The Morgan fingerprint density at radius 2 is 1.79 bits per heavy atom. The van der Waals surface area contributed by atoms with Crippen LogP contribution in [0.1, 0.15) is 6.42 Å². The Bertz CT molecular complexity index is 364. The van der Waals surface area contributed by atoms with Crippen molar-refractivity contribution in [3.63, 3.8) is 0 Å². The Kier molecular flexibility index (Phi) is 2.20. The summed E-state index contributed by atoms with van der Waals surface area (Å²) in [4.78, 5) is 23.8. The zero-order chi connectivity index (χ0) is 10.3. The van der Waals surface area contributed by atoms with Crippen molar-refractivity contribution in [3.05, 3.63) is 10.1 Å². The fourth-order valence-corrected chi connectivity index (χ4v) is 1.57. The lowest BCUT2D eigenvalue weighted by atomic mass is 10.4. The summed E-state index contributed by atoms with van der Waals surface area (Å²) >= 11 is 11.1. The van der Waals surface area contributed by atoms with Gasteiger partial charge in [-0.25, -0.2) is 4.90 Å². The smallest absolute Gasteiger partial charge is 0.279 e. The number of carbonyl (C=O) groups excluding carboxylic acids is 2. The zero-order valence-corrected chi connectivity index (χ0v) is 8.39. The SMILES string of the molecule is O=C1C(Cl)=C(Cl)C(=O)N1C1=NNCC1. The van der Waals surface area contributed by atoms with Crippen LogP contribution in [-0.2, 0) is 9.59 Å². The van der Waals surface area contributed by atoms with Gasteiger partial charge in [0.05, 0.1) is 0 Å². The predicted octanol–water partition coefficient (Wildman–Crippen LogP) is 0.351. The van der Waals surface area contributed by atoms with Crippen LogP contribution >= 0.6 is 23.2 Å². The van der Waals surface area contributed by atoms with Crippen LogP contribution in [0.3, 0.4) is 0 Å². The number of hydrogen-bond donors (Lipinski definition) is 1. The predicted molar refractivity (Wildman–Crippen MR) is 50.6 cm³/mol. The minimum Gasteiger partial charge on any atom is -0.308 e. The minimum absolute atomic E-state index is 0.244. The molecule has 0 saturated carbocycles. The summed E-state index contributed by atoms with van der Waals surface area (Å²) in [5.41, 5.74) is 2.66. The number of amides is 2. The number of rotatable bonds is 0. The molecule has 0 unspecified atom stereocenters. The van der Waals surface area contributed by atoms with Gasteiger partial charge in [0.1, 0.15) is 15.9 Å². The van der Waals surface area contributed by atoms with E-state index in [1.54, 1.807) is 0 Å². The number of nitrogens with zero attached hydrogens (tertiary/aromatic N) is 2. The lowest BCUT2D eigenvalue weighted by Gasteiger charge is -2.11. The Morgan fingerprint density at radius 1 is 1.21 bits per heavy atom. The molecular formula is C7H5Cl2N3O2. The summed E-state index contributed by atoms with van der Waals surface area (Å²) in [7, 11) is 0. The number of imide groups is 1. The summed E-state index contributed by atoms with van der Waals surface area (Å²) in [5.74, 6) is -0.859. The van der Waals surface area contributed by atoms with Crippen LogP contribution in [0.25, 0.3) is 0 Å². The van der Waals surface area contributed by atoms with Gasteiger partial charge in [0.15, 0.2) is 0 Å². The van der Waals surface area contributed by atoms with E-state index in [2.05, 4.69) is 10.5 Å². The van der Waals surface area contributed by atoms with Gasteiger partial charge in [-0.2, -0.15) is 5.10 Å². The molecule has 2 amide bonds. The Balaban J connectivity index is 2.33. The van der Waals surface area contributed by atoms with Gasteiger partial charge in [-0.05, 0) is 0 Å². The zero-order valence-electron chi connectivity index (χ0n) is 6.88. The highest BCUT2D eigenvalue weighted by Gasteiger charge is 2.40. The van der Waals surface area contributed by atoms with E-state index in [4.69, 9.17) is 23.2 Å². The maximum atomic E-state index is 11.4. The largest absolute Gasteiger partial charge is 0.308 e. The summed E-state index contributed by atoms with van der Waals surface area (Å²) < 4.78 is 0. The fourth-order valence-electron chi connectivity index (χ4n) is 1.24. The number of hydrogen-bond acceptors (Lipinski definition) is 4. The summed E-state index contributed by atoms with van der Waals surface area (Å²) in [6, 6.07) is 0. The topological polar surface area (TPSA) is 61.8 Å². The van der Waals surface area contributed by atoms with Gasteiger partial charge in [0, 0.05) is 13.0 Å². The first-order chi connectivity index (χ1) is 6.63. The van der Waals surface area contributed by atoms with E-state index in [1.165, 1.54) is 0 Å². The van der Waals surface area contributed by atoms with Crippen molar-refractivity contribution in [2.24, 2.45) is 5.10 Å². The molecule has 0 radical (unpaired) electrons. The van der Waals surface area contributed by atoms with Crippen molar-refractivity contribution in [1.29, 1.82) is 0 Å². The molecule has 0 aromatic heterocycles. The van der Waals surface area contributed by atoms with Gasteiger partial charge < -0.3 is 5.43 Å². The highest BCUT2D eigenvalue weighted by molar-refractivity contribution is 6.59. The summed E-state index contributed by atoms with van der Waals surface area (Å²) in [6.45, 7) is 0.599. The van der Waals surface area contributed by atoms with Crippen LogP contribution < -0.4 is 5.43 Å². The van der Waals surface area contributed by atoms with Gasteiger partial charge in [-0.15, -0.1) is 0 Å². The molecule has 0 fully saturated rings. The van der Waals surface area contributed by atoms with Crippen molar-refractivity contribution in [1.82, 2.24) is 10.3 Å². The van der Waals surface area contributed by atoms with E-state index in [1.807, 2.05) is 0 Å². The van der Waals surface area contributed by atoms with Crippen molar-refractivity contribution < 1.29 is 9.59 Å². The number of hydrazone groups is 1. The summed E-state index contributed by atoms with van der Waals surface area (Å²) in [6.07, 6.45) is 0.506. The molecule has 2 aliphatic rings. The van der Waals surface area contributed by atoms with Crippen molar-refractivity contribution in [2.75, 3.05) is 6.54 Å². The molecule has 14 heavy (non-hydrogen) atoms. The fraction of sp³-hybridized carbons (Fsp3) is 0.286. The highest BCUT2D eigenvalue weighted by Crippen LogP contribution is 2.27. The minimum atomic E-state index is -0.607. The molecule has 74 valence electrons. The Hall–Kier alpha value is -1.07. The average molecular weight is 234 g/mol. The molecule has 1 N–H and O–H groups in total. The number of amidine groups is 1. The van der Waals surface area contributed by atoms with Crippen molar-refractivity contribution >= 4 is 40.9 Å². The maximum absolute atomic E-state index is 11.4. The molecule has 0 saturated heterocycles. The summed E-state index contributed by atoms with van der Waals surface area (Å²) in [5, 5.41) is 3.31. The van der Waals surface area contributed by atoms with Gasteiger partial charge in [-0.1, -0.05) is 23.2 Å². The first kappa shape index (κ1) is 9.48. The molecule has 0 aliphatic carbocycles. The third kappa shape index (κ3) is 1.20. The molecule has 5 nitrogen and oxygen atoms in total. The third-order valence-corrected chi connectivity index (χ3v) is 2.70. The van der Waals surface area contributed by atoms with Gasteiger partial charge in [-0.3, -0.25) is 9.59 Å². The molecular weight excluding hydrogens is 229 g/mol. The second-order valence-corrected chi connectivity index (χ2v) is 3.52. The third-order valence-electron chi connectivity index (χ3n) is 1.90. The van der Waals surface area contributed by atoms with E-state index < -0.39 is 11.8 Å². The van der Waals surface area contributed by atoms with Crippen molar-refractivity contribution in [3.8, 4) is 0 Å². The molecule has 0 aromatic rings. The van der Waals surface area contributed by atoms with Gasteiger partial charge in [0.25, 0.3) is 11.8 Å². The molecule has 2 heterocycles. The van der Waals surface area contributed by atoms with E-state index in [9.17, 15) is 9.59 Å². The Morgan fingerprint density at radius 3 is 2.21 bits per heavy atom. The van der Waals surface area contributed by atoms with Crippen LogP contribution in [0.5, 0.6) is 0 Å². The van der Waals surface area contributed by atoms with Gasteiger partial charge >= 0.3 is 0 Å². The van der Waals surface area contributed by atoms with E-state index in [-0.39, 0.29) is 10.1 Å². The monoisotopic (exact) mass is 233 g/mol. The first-order valence-corrected chi connectivity index (χ1v) is 4.62. The maximum Gasteiger partial charge on any atom is 0.279 e. The van der Waals surface area contributed by atoms with Crippen LogP contribution in [0, 0.1) is 0 Å². The number of nitrogens with one attached hydrogen (secondary N) is 1. The normalized spacial score (nSPS) is 21.9. The molecule has 7 heteroatoms. The van der Waals surface area contributed by atoms with Crippen LogP contribution in [0.15, 0.2) is 15.2 Å². The quantitative estimate of drug-likeness (QED) is 0.615. The van der Waals surface area contributed by atoms with Crippen LogP contribution in [0.2, 0.25) is 0 Å². The van der Waals surface area contributed by atoms with E-state index >= 15 is 0 Å². The van der Waals surface area contributed by atoms with Crippen molar-refractivity contribution in [2.45, 2.75) is 6.42 Å². The molecule has 2 aliphatic heterocycles. The highest BCUT2D eigenvalue weighted by atomic mass is 35.5. The second-order valence-electron chi connectivity index (χ2n) is 2.76. The standard InChI is InChI=1S/C7H5Cl2N3O2/c8-4-5(9)7(14)12(6(4)13)3-1-2-10-11-3/h10H,1-2H2. The molecule has 0 atom stereocenters. The molecule has 0 aromatic carbocycles. The number of halogens is 2. The van der Waals surface area contributed by atoms with E-state index in [0.717, 1.165) is 4.90 Å². The second kappa shape index (κ2) is 3.25. The first-order valence-electron chi connectivity index (χ1n) is 3.86. The lowest BCUT2D eigenvalue weighted by Crippen LogP contribution is -2.36. The Labute approximate surface area is 89.3 Å². The lowest BCUT2D eigenvalue weighted by molar-refractivity contribution is -0.132. The number of carbonyl (C=O) groups is 2.